The van der Waals surface area contributed by atoms with Crippen LogP contribution in [0.15, 0.2) is 29.0 Å². The molecule has 0 bridgehead atoms. The number of aromatic nitrogens is 4. The van der Waals surface area contributed by atoms with Gasteiger partial charge in [0.15, 0.2) is 0 Å². The van der Waals surface area contributed by atoms with Crippen LogP contribution in [-0.2, 0) is 0 Å². The smallest absolute Gasteiger partial charge is 0.255 e. The summed E-state index contributed by atoms with van der Waals surface area (Å²) in [4.78, 5) is 8.25. The lowest BCUT2D eigenvalue weighted by atomic mass is 10.2. The normalized spacial score (nSPS) is 11.0. The summed E-state index contributed by atoms with van der Waals surface area (Å²) < 4.78 is 2.64. The van der Waals surface area contributed by atoms with E-state index < -0.39 is 0 Å². The molecule has 0 aliphatic rings. The first-order valence-electron chi connectivity index (χ1n) is 5.95. The van der Waals surface area contributed by atoms with Crippen LogP contribution in [-0.4, -0.2) is 19.6 Å². The number of halogens is 2. The molecule has 0 saturated heterocycles. The quantitative estimate of drug-likeness (QED) is 0.711. The van der Waals surface area contributed by atoms with Crippen LogP contribution in [0.4, 0.5) is 11.5 Å². The lowest BCUT2D eigenvalue weighted by Gasteiger charge is -2.13. The molecule has 1 aromatic carbocycles. The summed E-state index contributed by atoms with van der Waals surface area (Å²) in [6.07, 6.45) is 1.46. The van der Waals surface area contributed by atoms with Crippen molar-refractivity contribution >= 4 is 44.8 Å². The van der Waals surface area contributed by atoms with Gasteiger partial charge in [0.2, 0.25) is 0 Å². The first-order valence-corrected chi connectivity index (χ1v) is 7.12. The Morgan fingerprint density at radius 1 is 1.30 bits per heavy atom. The SMILES string of the molecule is Cc1ccc(Br)cc1Nc1c(C)c(Cl)nc2ncnn12. The van der Waals surface area contributed by atoms with Gasteiger partial charge in [-0.2, -0.15) is 19.6 Å². The summed E-state index contributed by atoms with van der Waals surface area (Å²) in [5, 5.41) is 7.95. The summed E-state index contributed by atoms with van der Waals surface area (Å²) in [7, 11) is 0. The Hall–Kier alpha value is -1.66. The molecule has 0 aliphatic carbocycles. The molecule has 20 heavy (non-hydrogen) atoms. The second kappa shape index (κ2) is 5.03. The van der Waals surface area contributed by atoms with E-state index in [1.807, 2.05) is 32.0 Å². The maximum Gasteiger partial charge on any atom is 0.255 e. The number of hydrogen-bond acceptors (Lipinski definition) is 4. The molecule has 1 N–H and O–H groups in total. The third-order valence-electron chi connectivity index (χ3n) is 3.06. The van der Waals surface area contributed by atoms with Crippen molar-refractivity contribution < 1.29 is 0 Å². The minimum atomic E-state index is 0.417. The fourth-order valence-corrected chi connectivity index (χ4v) is 2.43. The van der Waals surface area contributed by atoms with Crippen LogP contribution >= 0.6 is 27.5 Å². The number of nitrogens with one attached hydrogen (secondary N) is 1. The van der Waals surface area contributed by atoms with Crippen LogP contribution < -0.4 is 5.32 Å². The number of nitrogens with zero attached hydrogens (tertiary/aromatic N) is 4. The Bertz CT molecular complexity index is 799. The van der Waals surface area contributed by atoms with Crippen molar-refractivity contribution in [2.45, 2.75) is 13.8 Å². The number of fused-ring (bicyclic) bond motifs is 1. The summed E-state index contributed by atoms with van der Waals surface area (Å²) in [6.45, 7) is 3.93. The van der Waals surface area contributed by atoms with Gasteiger partial charge in [0, 0.05) is 15.7 Å². The van der Waals surface area contributed by atoms with Crippen molar-refractivity contribution in [1.82, 2.24) is 19.6 Å². The van der Waals surface area contributed by atoms with Gasteiger partial charge in [-0.05, 0) is 31.5 Å². The fraction of sp³-hybridized carbons (Fsp3) is 0.154. The van der Waals surface area contributed by atoms with Gasteiger partial charge in [-0.1, -0.05) is 33.6 Å². The molecule has 0 spiro atoms. The molecule has 0 fully saturated rings. The minimum Gasteiger partial charge on any atom is -0.340 e. The highest BCUT2D eigenvalue weighted by molar-refractivity contribution is 9.10. The van der Waals surface area contributed by atoms with Crippen LogP contribution in [0.5, 0.6) is 0 Å². The Morgan fingerprint density at radius 2 is 2.10 bits per heavy atom. The van der Waals surface area contributed by atoms with E-state index in [9.17, 15) is 0 Å². The average molecular weight is 353 g/mol. The maximum atomic E-state index is 6.15. The Balaban J connectivity index is 2.17. The Kier molecular flexibility index (Phi) is 3.35. The van der Waals surface area contributed by atoms with Crippen molar-refractivity contribution in [2.75, 3.05) is 5.32 Å². The van der Waals surface area contributed by atoms with Crippen molar-refractivity contribution in [3.63, 3.8) is 0 Å². The second-order valence-corrected chi connectivity index (χ2v) is 5.71. The highest BCUT2D eigenvalue weighted by atomic mass is 79.9. The van der Waals surface area contributed by atoms with Crippen LogP contribution in [0.3, 0.4) is 0 Å². The molecule has 2 aromatic heterocycles. The first-order chi connectivity index (χ1) is 9.56. The van der Waals surface area contributed by atoms with Crippen LogP contribution in [0.1, 0.15) is 11.1 Å². The number of rotatable bonds is 2. The minimum absolute atomic E-state index is 0.417. The van der Waals surface area contributed by atoms with Gasteiger partial charge in [0.1, 0.15) is 17.3 Å². The molecule has 0 atom stereocenters. The third kappa shape index (κ3) is 2.25. The molecule has 3 rings (SSSR count). The second-order valence-electron chi connectivity index (χ2n) is 4.43. The van der Waals surface area contributed by atoms with Gasteiger partial charge in [-0.25, -0.2) is 0 Å². The van der Waals surface area contributed by atoms with E-state index in [4.69, 9.17) is 11.6 Å². The molecule has 5 nitrogen and oxygen atoms in total. The molecule has 0 amide bonds. The van der Waals surface area contributed by atoms with Gasteiger partial charge in [-0.15, -0.1) is 0 Å². The van der Waals surface area contributed by atoms with E-state index in [0.29, 0.717) is 10.9 Å². The van der Waals surface area contributed by atoms with E-state index in [0.717, 1.165) is 27.1 Å². The lowest BCUT2D eigenvalue weighted by molar-refractivity contribution is 0.936. The summed E-state index contributed by atoms with van der Waals surface area (Å²) in [5.74, 6) is 1.23. The summed E-state index contributed by atoms with van der Waals surface area (Å²) in [5.41, 5.74) is 2.92. The molecule has 7 heteroatoms. The van der Waals surface area contributed by atoms with E-state index in [1.165, 1.54) is 6.33 Å². The van der Waals surface area contributed by atoms with Crippen molar-refractivity contribution in [1.29, 1.82) is 0 Å². The topological polar surface area (TPSA) is 55.1 Å². The molecular formula is C13H11BrClN5. The molecule has 0 aliphatic heterocycles. The number of benzene rings is 1. The van der Waals surface area contributed by atoms with E-state index >= 15 is 0 Å². The Morgan fingerprint density at radius 3 is 2.90 bits per heavy atom. The van der Waals surface area contributed by atoms with Crippen LogP contribution in [0, 0.1) is 13.8 Å². The zero-order valence-electron chi connectivity index (χ0n) is 10.9. The molecule has 0 radical (unpaired) electrons. The highest BCUT2D eigenvalue weighted by Gasteiger charge is 2.13. The predicted molar refractivity (Wildman–Crippen MR) is 82.7 cm³/mol. The highest BCUT2D eigenvalue weighted by Crippen LogP contribution is 2.28. The molecule has 2 heterocycles. The number of anilines is 2. The van der Waals surface area contributed by atoms with E-state index in [-0.39, 0.29) is 0 Å². The number of hydrogen-bond donors (Lipinski definition) is 1. The van der Waals surface area contributed by atoms with E-state index in [2.05, 4.69) is 36.3 Å². The lowest BCUT2D eigenvalue weighted by Crippen LogP contribution is -2.05. The van der Waals surface area contributed by atoms with Crippen LogP contribution in [0.2, 0.25) is 5.15 Å². The first kappa shape index (κ1) is 13.3. The molecule has 102 valence electrons. The molecular weight excluding hydrogens is 342 g/mol. The van der Waals surface area contributed by atoms with Crippen molar-refractivity contribution in [3.05, 3.63) is 45.3 Å². The molecule has 3 aromatic rings. The average Bonchev–Trinajstić information content (AvgIpc) is 2.86. The summed E-state index contributed by atoms with van der Waals surface area (Å²) in [6, 6.07) is 6.03. The Labute approximate surface area is 129 Å². The maximum absolute atomic E-state index is 6.15. The predicted octanol–water partition coefficient (Wildman–Crippen LogP) is 3.90. The van der Waals surface area contributed by atoms with Crippen molar-refractivity contribution in [3.8, 4) is 0 Å². The number of aryl methyl sites for hydroxylation is 1. The zero-order chi connectivity index (χ0) is 14.3. The van der Waals surface area contributed by atoms with Gasteiger partial charge >= 0.3 is 0 Å². The summed E-state index contributed by atoms with van der Waals surface area (Å²) >= 11 is 9.62. The zero-order valence-corrected chi connectivity index (χ0v) is 13.2. The largest absolute Gasteiger partial charge is 0.340 e. The standard InChI is InChI=1S/C13H11BrClN5/c1-7-3-4-9(14)5-10(7)18-12-8(2)11(15)19-13-16-6-17-20(12)13/h3-6,18H,1-2H3. The third-order valence-corrected chi connectivity index (χ3v) is 3.92. The molecule has 0 unspecified atom stereocenters. The van der Waals surface area contributed by atoms with E-state index in [1.54, 1.807) is 4.52 Å². The van der Waals surface area contributed by atoms with Gasteiger partial charge in [-0.3, -0.25) is 0 Å². The van der Waals surface area contributed by atoms with Gasteiger partial charge < -0.3 is 5.32 Å². The van der Waals surface area contributed by atoms with Crippen molar-refractivity contribution in [2.24, 2.45) is 0 Å². The van der Waals surface area contributed by atoms with Crippen LogP contribution in [0.25, 0.3) is 5.78 Å². The van der Waals surface area contributed by atoms with Gasteiger partial charge in [0.25, 0.3) is 5.78 Å². The molecule has 0 saturated carbocycles. The van der Waals surface area contributed by atoms with Gasteiger partial charge in [0.05, 0.1) is 0 Å². The monoisotopic (exact) mass is 351 g/mol. The fourth-order valence-electron chi connectivity index (χ4n) is 1.90.